The van der Waals surface area contributed by atoms with Crippen molar-refractivity contribution in [2.75, 3.05) is 25.0 Å². The maximum Gasteiger partial charge on any atom is 0.174 e. The van der Waals surface area contributed by atoms with Gasteiger partial charge in [-0.3, -0.25) is 4.90 Å². The van der Waals surface area contributed by atoms with Gasteiger partial charge in [0.25, 0.3) is 0 Å². The predicted molar refractivity (Wildman–Crippen MR) is 75.4 cm³/mol. The summed E-state index contributed by atoms with van der Waals surface area (Å²) in [5.74, 6) is 0. The van der Waals surface area contributed by atoms with Gasteiger partial charge in [-0.05, 0) is 32.9 Å². The monoisotopic (exact) mass is 288 g/mol. The second kappa shape index (κ2) is 6.55. The average molecular weight is 289 g/mol. The van der Waals surface area contributed by atoms with Crippen molar-refractivity contribution in [3.05, 3.63) is 16.4 Å². The number of nitrogens with zero attached hydrogens (tertiary/aromatic N) is 3. The zero-order valence-corrected chi connectivity index (χ0v) is 12.0. The van der Waals surface area contributed by atoms with E-state index in [0.29, 0.717) is 16.3 Å². The Kier molecular flexibility index (Phi) is 5.03. The van der Waals surface area contributed by atoms with Gasteiger partial charge in [0.05, 0.1) is 5.69 Å². The molecule has 1 aliphatic heterocycles. The molecule has 1 aliphatic rings. The van der Waals surface area contributed by atoms with Gasteiger partial charge in [0.15, 0.2) is 10.3 Å². The lowest BCUT2D eigenvalue weighted by atomic mass is 10.1. The van der Waals surface area contributed by atoms with E-state index < -0.39 is 0 Å². The van der Waals surface area contributed by atoms with Crippen LogP contribution >= 0.6 is 23.2 Å². The molecule has 1 aromatic heterocycles. The average Bonchev–Trinajstić information content (AvgIpc) is 2.40. The fourth-order valence-corrected chi connectivity index (χ4v) is 2.53. The Balaban J connectivity index is 1.88. The van der Waals surface area contributed by atoms with Crippen LogP contribution < -0.4 is 5.32 Å². The highest BCUT2D eigenvalue weighted by atomic mass is 35.5. The van der Waals surface area contributed by atoms with Crippen molar-refractivity contribution >= 4 is 28.9 Å². The first-order chi connectivity index (χ1) is 8.66. The number of aromatic nitrogens is 2. The Hall–Kier alpha value is -0.580. The second-order valence-corrected chi connectivity index (χ2v) is 5.44. The van der Waals surface area contributed by atoms with E-state index in [1.54, 1.807) is 6.07 Å². The van der Waals surface area contributed by atoms with Gasteiger partial charge in [0.2, 0.25) is 0 Å². The van der Waals surface area contributed by atoms with E-state index in [1.165, 1.54) is 32.4 Å². The molecule has 100 valence electrons. The Morgan fingerprint density at radius 1 is 1.28 bits per heavy atom. The van der Waals surface area contributed by atoms with Crippen LogP contribution in [0.3, 0.4) is 0 Å². The van der Waals surface area contributed by atoms with Crippen LogP contribution in [0.4, 0.5) is 5.69 Å². The van der Waals surface area contributed by atoms with Crippen LogP contribution in [0.2, 0.25) is 10.3 Å². The Morgan fingerprint density at radius 3 is 2.72 bits per heavy atom. The smallest absolute Gasteiger partial charge is 0.174 e. The van der Waals surface area contributed by atoms with E-state index in [9.17, 15) is 0 Å². The molecule has 0 bridgehead atoms. The molecule has 0 aromatic carbocycles. The zero-order chi connectivity index (χ0) is 13.0. The lowest BCUT2D eigenvalue weighted by molar-refractivity contribution is 0.180. The summed E-state index contributed by atoms with van der Waals surface area (Å²) >= 11 is 11.8. The molecule has 1 atom stereocenters. The van der Waals surface area contributed by atoms with Gasteiger partial charge in [-0.1, -0.05) is 29.6 Å². The van der Waals surface area contributed by atoms with Gasteiger partial charge >= 0.3 is 0 Å². The highest BCUT2D eigenvalue weighted by Gasteiger charge is 2.16. The molecule has 0 aliphatic carbocycles. The first-order valence-corrected chi connectivity index (χ1v) is 7.09. The summed E-state index contributed by atoms with van der Waals surface area (Å²) in [4.78, 5) is 2.50. The molecule has 0 spiro atoms. The van der Waals surface area contributed by atoms with E-state index in [1.807, 2.05) is 0 Å². The summed E-state index contributed by atoms with van der Waals surface area (Å²) in [6.07, 6.45) is 3.95. The van der Waals surface area contributed by atoms with Crippen molar-refractivity contribution in [2.24, 2.45) is 0 Å². The number of hydrogen-bond acceptors (Lipinski definition) is 4. The molecule has 1 N–H and O–H groups in total. The SMILES string of the molecule is CC(CNc1cc(Cl)nnc1Cl)N1CCCCC1. The normalized spacial score (nSPS) is 18.6. The van der Waals surface area contributed by atoms with Crippen molar-refractivity contribution in [3.63, 3.8) is 0 Å². The maximum atomic E-state index is 5.96. The van der Waals surface area contributed by atoms with E-state index in [-0.39, 0.29) is 0 Å². The summed E-state index contributed by atoms with van der Waals surface area (Å²) in [6.45, 7) is 5.43. The topological polar surface area (TPSA) is 41.1 Å². The van der Waals surface area contributed by atoms with Crippen molar-refractivity contribution in [3.8, 4) is 0 Å². The van der Waals surface area contributed by atoms with Gasteiger partial charge in [-0.15, -0.1) is 10.2 Å². The molecule has 1 unspecified atom stereocenters. The number of anilines is 1. The molecule has 0 saturated carbocycles. The largest absolute Gasteiger partial charge is 0.381 e. The predicted octanol–water partition coefficient (Wildman–Crippen LogP) is 3.07. The second-order valence-electron chi connectivity index (χ2n) is 4.70. The summed E-state index contributed by atoms with van der Waals surface area (Å²) in [5, 5.41) is 11.5. The van der Waals surface area contributed by atoms with Crippen molar-refractivity contribution < 1.29 is 0 Å². The molecular weight excluding hydrogens is 271 g/mol. The van der Waals surface area contributed by atoms with Crippen molar-refractivity contribution in [2.45, 2.75) is 32.2 Å². The molecule has 1 aromatic rings. The Labute approximate surface area is 118 Å². The number of halogens is 2. The lowest BCUT2D eigenvalue weighted by Gasteiger charge is -2.32. The minimum atomic E-state index is 0.354. The van der Waals surface area contributed by atoms with Crippen LogP contribution in [0.1, 0.15) is 26.2 Å². The standard InChI is InChI=1S/C12H18Cl2N4/c1-9(18-5-3-2-4-6-18)8-15-10-7-11(13)16-17-12(10)14/h7,9H,2-6,8H2,1H3,(H,15,16). The number of rotatable bonds is 4. The maximum absolute atomic E-state index is 5.96. The van der Waals surface area contributed by atoms with Crippen LogP contribution in [0, 0.1) is 0 Å². The molecule has 18 heavy (non-hydrogen) atoms. The van der Waals surface area contributed by atoms with Crippen LogP contribution in [0.25, 0.3) is 0 Å². The third kappa shape index (κ3) is 3.70. The first kappa shape index (κ1) is 13.8. The molecule has 2 rings (SSSR count). The van der Waals surface area contributed by atoms with Crippen LogP contribution in [-0.4, -0.2) is 40.8 Å². The molecular formula is C12H18Cl2N4. The third-order valence-corrected chi connectivity index (χ3v) is 3.78. The van der Waals surface area contributed by atoms with Crippen molar-refractivity contribution in [1.82, 2.24) is 15.1 Å². The Bertz CT molecular complexity index is 394. The summed E-state index contributed by atoms with van der Waals surface area (Å²) in [6, 6.07) is 2.19. The number of likely N-dealkylation sites (tertiary alicyclic amines) is 1. The third-order valence-electron chi connectivity index (χ3n) is 3.32. The minimum absolute atomic E-state index is 0.354. The van der Waals surface area contributed by atoms with Gasteiger partial charge in [-0.2, -0.15) is 0 Å². The number of nitrogens with one attached hydrogen (secondary N) is 1. The van der Waals surface area contributed by atoms with Crippen LogP contribution in [0.5, 0.6) is 0 Å². The molecule has 6 heteroatoms. The van der Waals surface area contributed by atoms with Crippen molar-refractivity contribution in [1.29, 1.82) is 0 Å². The van der Waals surface area contributed by atoms with Gasteiger partial charge in [-0.25, -0.2) is 0 Å². The fourth-order valence-electron chi connectivity index (χ4n) is 2.22. The van der Waals surface area contributed by atoms with Gasteiger partial charge < -0.3 is 5.32 Å². The summed E-state index contributed by atoms with van der Waals surface area (Å²) in [5.41, 5.74) is 0.750. The van der Waals surface area contributed by atoms with Gasteiger partial charge in [0, 0.05) is 18.7 Å². The summed E-state index contributed by atoms with van der Waals surface area (Å²) in [7, 11) is 0. The molecule has 1 fully saturated rings. The molecule has 2 heterocycles. The molecule has 0 radical (unpaired) electrons. The highest BCUT2D eigenvalue weighted by Crippen LogP contribution is 2.21. The van der Waals surface area contributed by atoms with E-state index in [2.05, 4.69) is 27.3 Å². The quantitative estimate of drug-likeness (QED) is 0.925. The summed E-state index contributed by atoms with van der Waals surface area (Å²) < 4.78 is 0. The van der Waals surface area contributed by atoms with Crippen LogP contribution in [-0.2, 0) is 0 Å². The number of piperidine rings is 1. The molecule has 4 nitrogen and oxygen atoms in total. The minimum Gasteiger partial charge on any atom is -0.381 e. The first-order valence-electron chi connectivity index (χ1n) is 6.33. The Morgan fingerprint density at radius 2 is 2.00 bits per heavy atom. The highest BCUT2D eigenvalue weighted by molar-refractivity contribution is 6.33. The van der Waals surface area contributed by atoms with E-state index in [0.717, 1.165) is 12.2 Å². The zero-order valence-electron chi connectivity index (χ0n) is 10.5. The molecule has 0 amide bonds. The fraction of sp³-hybridized carbons (Fsp3) is 0.667. The lowest BCUT2D eigenvalue weighted by Crippen LogP contribution is -2.41. The van der Waals surface area contributed by atoms with E-state index >= 15 is 0 Å². The molecule has 1 saturated heterocycles. The van der Waals surface area contributed by atoms with Crippen LogP contribution in [0.15, 0.2) is 6.07 Å². The van der Waals surface area contributed by atoms with Gasteiger partial charge in [0.1, 0.15) is 0 Å². The number of hydrogen-bond donors (Lipinski definition) is 1. The van der Waals surface area contributed by atoms with E-state index in [4.69, 9.17) is 23.2 Å².